The first-order chi connectivity index (χ1) is 14.3. The van der Waals surface area contributed by atoms with Gasteiger partial charge in [0.25, 0.3) is 5.91 Å². The van der Waals surface area contributed by atoms with Crippen LogP contribution in [0.2, 0.25) is 5.02 Å². The van der Waals surface area contributed by atoms with Gasteiger partial charge in [0.1, 0.15) is 21.1 Å². The lowest BCUT2D eigenvalue weighted by Crippen LogP contribution is -2.45. The fourth-order valence-electron chi connectivity index (χ4n) is 3.72. The lowest BCUT2D eigenvalue weighted by molar-refractivity contribution is -0.145. The van der Waals surface area contributed by atoms with Crippen LogP contribution in [0.25, 0.3) is 0 Å². The number of rotatable bonds is 4. The van der Waals surface area contributed by atoms with Crippen LogP contribution in [0, 0.1) is 0 Å². The maximum absolute atomic E-state index is 13.4. The normalized spacial score (nSPS) is 19.5. The molecule has 0 spiro atoms. The number of hydrogen-bond donors (Lipinski definition) is 1. The fraction of sp³-hybridized carbons (Fsp3) is 0.190. The first kappa shape index (κ1) is 20.7. The van der Waals surface area contributed by atoms with Crippen molar-refractivity contribution in [1.82, 2.24) is 4.90 Å². The Morgan fingerprint density at radius 1 is 1.13 bits per heavy atom. The van der Waals surface area contributed by atoms with E-state index in [0.29, 0.717) is 15.7 Å². The summed E-state index contributed by atoms with van der Waals surface area (Å²) in [5.74, 6) is -0.846. The van der Waals surface area contributed by atoms with Crippen LogP contribution < -0.4 is 9.80 Å². The van der Waals surface area contributed by atoms with Crippen molar-refractivity contribution < 1.29 is 14.7 Å². The van der Waals surface area contributed by atoms with Crippen molar-refractivity contribution in [3.05, 3.63) is 69.8 Å². The smallest absolute Gasteiger partial charge is 0.327 e. The largest absolute Gasteiger partial charge is 0.480 e. The van der Waals surface area contributed by atoms with Gasteiger partial charge in [-0.1, -0.05) is 65.9 Å². The highest BCUT2D eigenvalue weighted by Crippen LogP contribution is 2.46. The number of carboxylic acid groups (broad SMARTS) is 1. The Morgan fingerprint density at radius 3 is 2.47 bits per heavy atom. The molecule has 2 heterocycles. The number of fused-ring (bicyclic) bond motifs is 1. The molecule has 0 radical (unpaired) electrons. The van der Waals surface area contributed by atoms with Crippen LogP contribution in [0.15, 0.2) is 59.3 Å². The third-order valence-electron chi connectivity index (χ3n) is 5.17. The van der Waals surface area contributed by atoms with Gasteiger partial charge < -0.3 is 14.9 Å². The summed E-state index contributed by atoms with van der Waals surface area (Å²) in [7, 11) is 3.70. The van der Waals surface area contributed by atoms with Gasteiger partial charge in [-0.2, -0.15) is 0 Å². The van der Waals surface area contributed by atoms with E-state index in [4.69, 9.17) is 23.8 Å². The van der Waals surface area contributed by atoms with E-state index in [1.807, 2.05) is 66.4 Å². The quantitative estimate of drug-likeness (QED) is 0.548. The van der Waals surface area contributed by atoms with Gasteiger partial charge in [0.15, 0.2) is 0 Å². The molecular weight excluding hydrogens is 442 g/mol. The van der Waals surface area contributed by atoms with E-state index in [1.54, 1.807) is 6.07 Å². The minimum Gasteiger partial charge on any atom is -0.480 e. The highest BCUT2D eigenvalue weighted by Gasteiger charge is 2.44. The molecular formula is C21H18ClN3O3S2. The summed E-state index contributed by atoms with van der Waals surface area (Å²) in [6.45, 7) is 0. The van der Waals surface area contributed by atoms with E-state index in [1.165, 1.54) is 4.90 Å². The van der Waals surface area contributed by atoms with Crippen molar-refractivity contribution in [2.45, 2.75) is 12.5 Å². The molecule has 6 nitrogen and oxygen atoms in total. The van der Waals surface area contributed by atoms with Crippen LogP contribution in [0.1, 0.15) is 5.56 Å². The van der Waals surface area contributed by atoms with Gasteiger partial charge in [0.05, 0.1) is 11.4 Å². The Balaban J connectivity index is 1.71. The molecule has 4 rings (SSSR count). The highest BCUT2D eigenvalue weighted by atomic mass is 35.5. The van der Waals surface area contributed by atoms with Crippen molar-refractivity contribution in [2.24, 2.45) is 0 Å². The van der Waals surface area contributed by atoms with Crippen LogP contribution in [0.4, 0.5) is 11.4 Å². The van der Waals surface area contributed by atoms with Crippen LogP contribution in [0.3, 0.4) is 0 Å². The minimum absolute atomic E-state index is 0.173. The number of benzene rings is 2. The van der Waals surface area contributed by atoms with Crippen molar-refractivity contribution in [3.8, 4) is 0 Å². The number of hydrogen-bond acceptors (Lipinski definition) is 6. The maximum atomic E-state index is 13.4. The van der Waals surface area contributed by atoms with Crippen LogP contribution in [0.5, 0.6) is 0 Å². The molecule has 2 aromatic carbocycles. The van der Waals surface area contributed by atoms with E-state index in [2.05, 4.69) is 0 Å². The lowest BCUT2D eigenvalue weighted by atomic mass is 10.0. The lowest BCUT2D eigenvalue weighted by Gasteiger charge is -2.24. The number of nitrogens with zero attached hydrogens (tertiary/aromatic N) is 3. The van der Waals surface area contributed by atoms with Crippen molar-refractivity contribution in [1.29, 1.82) is 0 Å². The summed E-state index contributed by atoms with van der Waals surface area (Å²) < 4.78 is 0.238. The molecule has 0 bridgehead atoms. The third kappa shape index (κ3) is 3.45. The Kier molecular flexibility index (Phi) is 5.48. The number of aliphatic carboxylic acids is 1. The first-order valence-electron chi connectivity index (χ1n) is 9.13. The van der Waals surface area contributed by atoms with Gasteiger partial charge in [0.2, 0.25) is 0 Å². The predicted molar refractivity (Wildman–Crippen MR) is 124 cm³/mol. The molecule has 30 heavy (non-hydrogen) atoms. The Bertz CT molecular complexity index is 1090. The molecule has 2 aliphatic heterocycles. The van der Waals surface area contributed by atoms with E-state index >= 15 is 0 Å². The highest BCUT2D eigenvalue weighted by molar-refractivity contribution is 8.26. The van der Waals surface area contributed by atoms with Gasteiger partial charge in [-0.25, -0.2) is 4.79 Å². The molecule has 1 saturated heterocycles. The van der Waals surface area contributed by atoms with Gasteiger partial charge in [-0.3, -0.25) is 9.69 Å². The molecule has 1 amide bonds. The fourth-order valence-corrected chi connectivity index (χ4v) is 5.38. The standard InChI is InChI=1S/C21H18ClN3O3S2/c1-23-14-9-8-13(22)11-15(14)24(2)18(23)17-19(26)25(21(29)30-17)16(20(27)28)10-12-6-4-3-5-7-12/h3-9,11,16H,10H2,1-2H3,(H,27,28). The molecule has 1 N–H and O–H groups in total. The molecule has 1 fully saturated rings. The van der Waals surface area contributed by atoms with Crippen molar-refractivity contribution in [3.63, 3.8) is 0 Å². The molecule has 9 heteroatoms. The zero-order chi connectivity index (χ0) is 21.6. The Labute approximate surface area is 188 Å². The number of thioether (sulfide) groups is 1. The van der Waals surface area contributed by atoms with Gasteiger partial charge in [-0.05, 0) is 23.8 Å². The number of halogens is 1. The zero-order valence-electron chi connectivity index (χ0n) is 16.2. The maximum Gasteiger partial charge on any atom is 0.327 e. The van der Waals surface area contributed by atoms with Crippen LogP contribution in [-0.4, -0.2) is 46.3 Å². The molecule has 0 aromatic heterocycles. The van der Waals surface area contributed by atoms with E-state index < -0.39 is 17.9 Å². The van der Waals surface area contributed by atoms with E-state index in [9.17, 15) is 14.7 Å². The molecule has 1 atom stereocenters. The summed E-state index contributed by atoms with van der Waals surface area (Å²) in [6.07, 6.45) is 0.173. The molecule has 154 valence electrons. The molecule has 0 aliphatic carbocycles. The van der Waals surface area contributed by atoms with Crippen LogP contribution >= 0.6 is 35.6 Å². The Morgan fingerprint density at radius 2 is 1.80 bits per heavy atom. The molecule has 2 aliphatic rings. The first-order valence-corrected chi connectivity index (χ1v) is 10.7. The van der Waals surface area contributed by atoms with E-state index in [0.717, 1.165) is 28.7 Å². The number of carboxylic acids is 1. The van der Waals surface area contributed by atoms with Crippen molar-refractivity contribution in [2.75, 3.05) is 23.9 Å². The number of anilines is 2. The SMILES string of the molecule is CN1C(=C2SC(=S)N(C(Cc3ccccc3)C(=O)O)C2=O)N(C)c2cc(Cl)ccc21. The average Bonchev–Trinajstić information content (AvgIpc) is 3.13. The van der Waals surface area contributed by atoms with E-state index in [-0.39, 0.29) is 10.7 Å². The number of thiocarbonyl (C=S) groups is 1. The topological polar surface area (TPSA) is 64.1 Å². The molecule has 2 aromatic rings. The number of amides is 1. The monoisotopic (exact) mass is 459 g/mol. The summed E-state index contributed by atoms with van der Waals surface area (Å²) in [4.78, 5) is 30.8. The molecule has 0 saturated carbocycles. The summed E-state index contributed by atoms with van der Waals surface area (Å²) >= 11 is 12.7. The second-order valence-corrected chi connectivity index (χ2v) is 9.07. The third-order valence-corrected chi connectivity index (χ3v) is 6.78. The number of carbonyl (C=O) groups excluding carboxylic acids is 1. The van der Waals surface area contributed by atoms with Gasteiger partial charge in [0, 0.05) is 25.5 Å². The Hall–Kier alpha value is -2.55. The average molecular weight is 460 g/mol. The second kappa shape index (κ2) is 7.94. The van der Waals surface area contributed by atoms with Gasteiger partial charge in [-0.15, -0.1) is 0 Å². The molecule has 1 unspecified atom stereocenters. The predicted octanol–water partition coefficient (Wildman–Crippen LogP) is 3.95. The summed E-state index contributed by atoms with van der Waals surface area (Å²) in [5.41, 5.74) is 2.59. The number of carbonyl (C=O) groups is 2. The zero-order valence-corrected chi connectivity index (χ0v) is 18.6. The van der Waals surface area contributed by atoms with Crippen LogP contribution in [-0.2, 0) is 16.0 Å². The summed E-state index contributed by atoms with van der Waals surface area (Å²) in [5, 5.41) is 10.4. The summed E-state index contributed by atoms with van der Waals surface area (Å²) in [6, 6.07) is 13.6. The van der Waals surface area contributed by atoms with Gasteiger partial charge >= 0.3 is 5.97 Å². The minimum atomic E-state index is -1.09. The second-order valence-electron chi connectivity index (χ2n) is 6.99. The van der Waals surface area contributed by atoms with Crippen molar-refractivity contribution >= 4 is 63.2 Å².